The van der Waals surface area contributed by atoms with Crippen LogP contribution in [0.2, 0.25) is 10.0 Å². The summed E-state index contributed by atoms with van der Waals surface area (Å²) in [6, 6.07) is 13.1. The van der Waals surface area contributed by atoms with Crippen molar-refractivity contribution in [1.82, 2.24) is 10.2 Å². The maximum absolute atomic E-state index is 12.3. The van der Waals surface area contributed by atoms with E-state index in [0.29, 0.717) is 20.9 Å². The number of hydrogen-bond acceptors (Lipinski definition) is 6. The number of halogens is 2. The number of aromatic nitrogens is 2. The van der Waals surface area contributed by atoms with Gasteiger partial charge in [-0.1, -0.05) is 76.1 Å². The van der Waals surface area contributed by atoms with Crippen molar-refractivity contribution in [2.45, 2.75) is 30.0 Å². The standard InChI is InChI=1S/C19H17Cl2N3O2S2/c1-11-4-3-5-13(8-11)10-27-19-24-23-18(28-19)22-17(25)12(2)26-16-7-6-14(20)9-15(16)21/h3-9,12H,10H2,1-2H3,(H,22,23,25). The predicted octanol–water partition coefficient (Wildman–Crippen LogP) is 5.85. The van der Waals surface area contributed by atoms with Crippen LogP contribution in [0.4, 0.5) is 5.13 Å². The average Bonchev–Trinajstić information content (AvgIpc) is 3.09. The smallest absolute Gasteiger partial charge is 0.266 e. The molecule has 1 N–H and O–H groups in total. The number of carbonyl (C=O) groups is 1. The second kappa shape index (κ2) is 9.60. The number of nitrogens with zero attached hydrogens (tertiary/aromatic N) is 2. The fourth-order valence-corrected chi connectivity index (χ4v) is 4.44. The molecule has 0 aliphatic rings. The highest BCUT2D eigenvalue weighted by atomic mass is 35.5. The minimum atomic E-state index is -0.758. The molecule has 0 spiro atoms. The van der Waals surface area contributed by atoms with Crippen molar-refractivity contribution in [2.75, 3.05) is 5.32 Å². The number of carbonyl (C=O) groups excluding carboxylic acids is 1. The highest BCUT2D eigenvalue weighted by Crippen LogP contribution is 2.30. The topological polar surface area (TPSA) is 64.1 Å². The number of rotatable bonds is 7. The van der Waals surface area contributed by atoms with Crippen LogP contribution in [0.25, 0.3) is 0 Å². The highest BCUT2D eigenvalue weighted by molar-refractivity contribution is 8.00. The number of amides is 1. The molecule has 0 aliphatic carbocycles. The van der Waals surface area contributed by atoms with E-state index in [-0.39, 0.29) is 5.91 Å². The third-order valence-corrected chi connectivity index (χ3v) is 6.22. The van der Waals surface area contributed by atoms with Gasteiger partial charge in [-0.05, 0) is 37.6 Å². The minimum Gasteiger partial charge on any atom is -0.479 e. The van der Waals surface area contributed by atoms with Gasteiger partial charge in [-0.25, -0.2) is 0 Å². The van der Waals surface area contributed by atoms with E-state index >= 15 is 0 Å². The number of benzene rings is 2. The molecular formula is C19H17Cl2N3O2S2. The molecule has 0 bridgehead atoms. The van der Waals surface area contributed by atoms with Gasteiger partial charge in [0.05, 0.1) is 5.02 Å². The number of ether oxygens (including phenoxy) is 1. The van der Waals surface area contributed by atoms with Crippen LogP contribution < -0.4 is 10.1 Å². The SMILES string of the molecule is Cc1cccc(CSc2nnc(NC(=O)C(C)Oc3ccc(Cl)cc3Cl)s2)c1. The number of aryl methyl sites for hydroxylation is 1. The average molecular weight is 454 g/mol. The van der Waals surface area contributed by atoms with Crippen molar-refractivity contribution in [3.63, 3.8) is 0 Å². The molecule has 5 nitrogen and oxygen atoms in total. The van der Waals surface area contributed by atoms with Crippen LogP contribution in [-0.2, 0) is 10.5 Å². The molecule has 3 rings (SSSR count). The summed E-state index contributed by atoms with van der Waals surface area (Å²) in [4.78, 5) is 12.3. The van der Waals surface area contributed by atoms with Gasteiger partial charge in [0.2, 0.25) is 5.13 Å². The van der Waals surface area contributed by atoms with Crippen LogP contribution in [0.1, 0.15) is 18.1 Å². The molecule has 0 fully saturated rings. The van der Waals surface area contributed by atoms with Gasteiger partial charge in [0, 0.05) is 10.8 Å². The minimum absolute atomic E-state index is 0.336. The van der Waals surface area contributed by atoms with Gasteiger partial charge in [-0.15, -0.1) is 10.2 Å². The van der Waals surface area contributed by atoms with Gasteiger partial charge in [0.1, 0.15) is 5.75 Å². The van der Waals surface area contributed by atoms with Crippen LogP contribution in [0.5, 0.6) is 5.75 Å². The number of hydrogen-bond donors (Lipinski definition) is 1. The van der Waals surface area contributed by atoms with Crippen LogP contribution in [-0.4, -0.2) is 22.2 Å². The Morgan fingerprint density at radius 2 is 2.07 bits per heavy atom. The summed E-state index contributed by atoms with van der Waals surface area (Å²) in [6.07, 6.45) is -0.758. The lowest BCUT2D eigenvalue weighted by molar-refractivity contribution is -0.122. The second-order valence-electron chi connectivity index (χ2n) is 5.97. The third-order valence-electron chi connectivity index (χ3n) is 3.65. The summed E-state index contributed by atoms with van der Waals surface area (Å²) in [6.45, 7) is 3.70. The van der Waals surface area contributed by atoms with Crippen molar-refractivity contribution in [1.29, 1.82) is 0 Å². The molecule has 1 unspecified atom stereocenters. The molecule has 28 heavy (non-hydrogen) atoms. The van der Waals surface area contributed by atoms with Gasteiger partial charge in [0.25, 0.3) is 5.91 Å². The Labute approximate surface area is 181 Å². The molecule has 146 valence electrons. The predicted molar refractivity (Wildman–Crippen MR) is 116 cm³/mol. The normalized spacial score (nSPS) is 11.9. The first-order valence-electron chi connectivity index (χ1n) is 8.35. The zero-order valence-electron chi connectivity index (χ0n) is 15.1. The Hall–Kier alpha value is -1.80. The molecule has 0 aliphatic heterocycles. The van der Waals surface area contributed by atoms with E-state index in [2.05, 4.69) is 40.6 Å². The maximum atomic E-state index is 12.3. The van der Waals surface area contributed by atoms with E-state index in [0.717, 1.165) is 10.1 Å². The zero-order chi connectivity index (χ0) is 20.1. The van der Waals surface area contributed by atoms with Crippen molar-refractivity contribution in [3.8, 4) is 5.75 Å². The molecule has 9 heteroatoms. The fourth-order valence-electron chi connectivity index (χ4n) is 2.29. The van der Waals surface area contributed by atoms with Gasteiger partial charge in [-0.3, -0.25) is 10.1 Å². The Balaban J connectivity index is 1.54. The molecule has 1 amide bonds. The van der Waals surface area contributed by atoms with Crippen LogP contribution in [0, 0.1) is 6.92 Å². The van der Waals surface area contributed by atoms with Gasteiger partial charge >= 0.3 is 0 Å². The van der Waals surface area contributed by atoms with Crippen LogP contribution in [0.3, 0.4) is 0 Å². The van der Waals surface area contributed by atoms with Crippen molar-refractivity contribution in [2.24, 2.45) is 0 Å². The molecule has 1 heterocycles. The second-order valence-corrected chi connectivity index (χ2v) is 9.02. The molecule has 3 aromatic rings. The first kappa shape index (κ1) is 20.9. The fraction of sp³-hybridized carbons (Fsp3) is 0.211. The molecule has 0 saturated carbocycles. The molecular weight excluding hydrogens is 437 g/mol. The summed E-state index contributed by atoms with van der Waals surface area (Å²) in [5.74, 6) is 0.844. The van der Waals surface area contributed by atoms with E-state index in [4.69, 9.17) is 27.9 Å². The number of nitrogens with one attached hydrogen (secondary N) is 1. The summed E-state index contributed by atoms with van der Waals surface area (Å²) in [5, 5.41) is 12.1. The molecule has 1 atom stereocenters. The van der Waals surface area contributed by atoms with E-state index in [1.54, 1.807) is 36.9 Å². The molecule has 0 saturated heterocycles. The first-order chi connectivity index (χ1) is 13.4. The number of thioether (sulfide) groups is 1. The van der Waals surface area contributed by atoms with Crippen LogP contribution in [0.15, 0.2) is 46.8 Å². The van der Waals surface area contributed by atoms with Gasteiger partial charge in [-0.2, -0.15) is 0 Å². The largest absolute Gasteiger partial charge is 0.479 e. The summed E-state index contributed by atoms with van der Waals surface area (Å²) >= 11 is 14.8. The van der Waals surface area contributed by atoms with Gasteiger partial charge in [0.15, 0.2) is 10.4 Å². The van der Waals surface area contributed by atoms with E-state index in [1.807, 2.05) is 6.07 Å². The Morgan fingerprint density at radius 1 is 1.25 bits per heavy atom. The molecule has 1 aromatic heterocycles. The Morgan fingerprint density at radius 3 is 2.82 bits per heavy atom. The molecule has 0 radical (unpaired) electrons. The summed E-state index contributed by atoms with van der Waals surface area (Å²) in [7, 11) is 0. The highest BCUT2D eigenvalue weighted by Gasteiger charge is 2.18. The first-order valence-corrected chi connectivity index (χ1v) is 10.9. The lowest BCUT2D eigenvalue weighted by Crippen LogP contribution is -2.30. The molecule has 2 aromatic carbocycles. The Bertz CT molecular complexity index is 981. The van der Waals surface area contributed by atoms with E-state index < -0.39 is 6.10 Å². The number of anilines is 1. The maximum Gasteiger partial charge on any atom is 0.266 e. The zero-order valence-corrected chi connectivity index (χ0v) is 18.3. The summed E-state index contributed by atoms with van der Waals surface area (Å²) < 4.78 is 6.39. The lowest BCUT2D eigenvalue weighted by Gasteiger charge is -2.14. The van der Waals surface area contributed by atoms with E-state index in [1.165, 1.54) is 22.5 Å². The monoisotopic (exact) mass is 453 g/mol. The van der Waals surface area contributed by atoms with Gasteiger partial charge < -0.3 is 4.74 Å². The summed E-state index contributed by atoms with van der Waals surface area (Å²) in [5.41, 5.74) is 2.44. The lowest BCUT2D eigenvalue weighted by atomic mass is 10.2. The van der Waals surface area contributed by atoms with Crippen molar-refractivity contribution in [3.05, 3.63) is 63.6 Å². The quantitative estimate of drug-likeness (QED) is 0.358. The van der Waals surface area contributed by atoms with Crippen LogP contribution >= 0.6 is 46.3 Å². The third kappa shape index (κ3) is 5.85. The van der Waals surface area contributed by atoms with Crippen molar-refractivity contribution >= 4 is 57.3 Å². The Kier molecular flexibility index (Phi) is 7.18. The van der Waals surface area contributed by atoms with Crippen molar-refractivity contribution < 1.29 is 9.53 Å². The van der Waals surface area contributed by atoms with E-state index in [9.17, 15) is 4.79 Å².